The van der Waals surface area contributed by atoms with Crippen molar-refractivity contribution in [3.63, 3.8) is 0 Å². The highest BCUT2D eigenvalue weighted by Crippen LogP contribution is 2.29. The van der Waals surface area contributed by atoms with Gasteiger partial charge in [0.25, 0.3) is 0 Å². The number of rotatable bonds is 4. The molecule has 3 aromatic rings. The Hall–Kier alpha value is -2.17. The van der Waals surface area contributed by atoms with Crippen molar-refractivity contribution in [1.29, 1.82) is 0 Å². The van der Waals surface area contributed by atoms with Gasteiger partial charge in [-0.2, -0.15) is 0 Å². The highest BCUT2D eigenvalue weighted by atomic mass is 16.4. The number of aliphatic hydroxyl groups is 1. The van der Waals surface area contributed by atoms with E-state index in [9.17, 15) is 9.90 Å². The van der Waals surface area contributed by atoms with Crippen molar-refractivity contribution in [2.24, 2.45) is 0 Å². The zero-order valence-corrected chi connectivity index (χ0v) is 14.3. The smallest absolute Gasteiger partial charge is 0.336 e. The number of fused-ring (bicyclic) bond motifs is 3. The Morgan fingerprint density at radius 2 is 2.00 bits per heavy atom. The van der Waals surface area contributed by atoms with Crippen LogP contribution in [0.15, 0.2) is 51.7 Å². The average Bonchev–Trinajstić information content (AvgIpc) is 2.63. The van der Waals surface area contributed by atoms with E-state index >= 15 is 0 Å². The third-order valence-electron chi connectivity index (χ3n) is 5.31. The van der Waals surface area contributed by atoms with Crippen LogP contribution in [0.2, 0.25) is 0 Å². The highest BCUT2D eigenvalue weighted by molar-refractivity contribution is 6.04. The van der Waals surface area contributed by atoms with E-state index in [2.05, 4.69) is 17.0 Å². The summed E-state index contributed by atoms with van der Waals surface area (Å²) in [5, 5.41) is 12.4. The number of piperidine rings is 1. The van der Waals surface area contributed by atoms with Gasteiger partial charge in [0, 0.05) is 36.0 Å². The minimum absolute atomic E-state index is 0.212. The standard InChI is InChI=1S/C21H23NO3/c23-12-10-17-6-3-4-11-22(17)14-16-13-20(24)25-21-18-7-2-1-5-15(18)8-9-19(16)21/h1-2,5,7-9,13,17,23H,3-4,6,10-12,14H2. The fourth-order valence-corrected chi connectivity index (χ4v) is 4.05. The number of aliphatic hydroxyl groups excluding tert-OH is 1. The molecule has 2 aromatic carbocycles. The Bertz CT molecular complexity index is 945. The van der Waals surface area contributed by atoms with E-state index in [4.69, 9.17) is 4.42 Å². The summed E-state index contributed by atoms with van der Waals surface area (Å²) >= 11 is 0. The molecule has 4 rings (SSSR count). The van der Waals surface area contributed by atoms with Gasteiger partial charge >= 0.3 is 5.63 Å². The highest BCUT2D eigenvalue weighted by Gasteiger charge is 2.23. The molecule has 0 bridgehead atoms. The third kappa shape index (κ3) is 3.20. The molecule has 1 N–H and O–H groups in total. The van der Waals surface area contributed by atoms with Crippen molar-refractivity contribution in [3.05, 3.63) is 58.4 Å². The molecule has 1 fully saturated rings. The largest absolute Gasteiger partial charge is 0.422 e. The maximum absolute atomic E-state index is 12.2. The zero-order valence-electron chi connectivity index (χ0n) is 14.3. The normalized spacial score (nSPS) is 18.8. The number of hydrogen-bond donors (Lipinski definition) is 1. The molecule has 0 spiro atoms. The van der Waals surface area contributed by atoms with Crippen molar-refractivity contribution in [2.75, 3.05) is 13.2 Å². The first-order chi connectivity index (χ1) is 12.3. The van der Waals surface area contributed by atoms with E-state index in [0.29, 0.717) is 11.6 Å². The van der Waals surface area contributed by atoms with Crippen LogP contribution >= 0.6 is 0 Å². The molecule has 1 saturated heterocycles. The molecular formula is C21H23NO3. The van der Waals surface area contributed by atoms with Gasteiger partial charge in [0.05, 0.1) is 0 Å². The summed E-state index contributed by atoms with van der Waals surface area (Å²) in [6.45, 7) is 1.95. The minimum atomic E-state index is -0.297. The minimum Gasteiger partial charge on any atom is -0.422 e. The zero-order chi connectivity index (χ0) is 17.2. The van der Waals surface area contributed by atoms with Crippen molar-refractivity contribution in [2.45, 2.75) is 38.3 Å². The van der Waals surface area contributed by atoms with Crippen LogP contribution in [0, 0.1) is 0 Å². The maximum atomic E-state index is 12.2. The van der Waals surface area contributed by atoms with Crippen LogP contribution in [0.25, 0.3) is 21.7 Å². The van der Waals surface area contributed by atoms with Crippen LogP contribution in [0.1, 0.15) is 31.2 Å². The SMILES string of the molecule is O=c1cc(CN2CCCCC2CCO)c2ccc3ccccc3c2o1. The van der Waals surface area contributed by atoms with Crippen LogP contribution in [0.4, 0.5) is 0 Å². The van der Waals surface area contributed by atoms with Crippen LogP contribution in [-0.4, -0.2) is 29.2 Å². The first kappa shape index (κ1) is 16.3. The molecule has 1 aliphatic rings. The average molecular weight is 337 g/mol. The molecule has 0 saturated carbocycles. The number of hydrogen-bond acceptors (Lipinski definition) is 4. The van der Waals surface area contributed by atoms with Crippen LogP contribution in [-0.2, 0) is 6.54 Å². The number of benzene rings is 2. The second kappa shape index (κ2) is 6.98. The summed E-state index contributed by atoms with van der Waals surface area (Å²) in [6, 6.07) is 14.1. The monoisotopic (exact) mass is 337 g/mol. The van der Waals surface area contributed by atoms with Crippen molar-refractivity contribution >= 4 is 21.7 Å². The molecule has 0 amide bonds. The second-order valence-corrected chi connectivity index (χ2v) is 6.89. The predicted octanol–water partition coefficient (Wildman–Crippen LogP) is 3.68. The second-order valence-electron chi connectivity index (χ2n) is 6.89. The lowest BCUT2D eigenvalue weighted by Crippen LogP contribution is -2.39. The first-order valence-electron chi connectivity index (χ1n) is 9.05. The Labute approximate surface area is 146 Å². The van der Waals surface area contributed by atoms with E-state index in [1.165, 1.54) is 12.8 Å². The maximum Gasteiger partial charge on any atom is 0.336 e. The van der Waals surface area contributed by atoms with Gasteiger partial charge < -0.3 is 9.52 Å². The Kier molecular flexibility index (Phi) is 4.55. The predicted molar refractivity (Wildman–Crippen MR) is 99.7 cm³/mol. The van der Waals surface area contributed by atoms with Crippen molar-refractivity contribution < 1.29 is 9.52 Å². The van der Waals surface area contributed by atoms with Crippen molar-refractivity contribution in [3.8, 4) is 0 Å². The van der Waals surface area contributed by atoms with Crippen LogP contribution in [0.3, 0.4) is 0 Å². The fraction of sp³-hybridized carbons (Fsp3) is 0.381. The topological polar surface area (TPSA) is 53.7 Å². The molecule has 1 aromatic heterocycles. The van der Waals surface area contributed by atoms with Gasteiger partial charge in [0.1, 0.15) is 5.58 Å². The third-order valence-corrected chi connectivity index (χ3v) is 5.31. The van der Waals surface area contributed by atoms with Crippen LogP contribution in [0.5, 0.6) is 0 Å². The van der Waals surface area contributed by atoms with Crippen LogP contribution < -0.4 is 5.63 Å². The Morgan fingerprint density at radius 3 is 2.88 bits per heavy atom. The molecular weight excluding hydrogens is 314 g/mol. The van der Waals surface area contributed by atoms with E-state index in [0.717, 1.165) is 47.7 Å². The molecule has 2 heterocycles. The van der Waals surface area contributed by atoms with E-state index in [1.807, 2.05) is 24.3 Å². The summed E-state index contributed by atoms with van der Waals surface area (Å²) in [7, 11) is 0. The van der Waals surface area contributed by atoms with Gasteiger partial charge in [-0.1, -0.05) is 42.8 Å². The van der Waals surface area contributed by atoms with Gasteiger partial charge in [-0.25, -0.2) is 4.79 Å². The first-order valence-corrected chi connectivity index (χ1v) is 9.05. The molecule has 130 valence electrons. The Balaban J connectivity index is 1.79. The number of nitrogens with zero attached hydrogens (tertiary/aromatic N) is 1. The van der Waals surface area contributed by atoms with Gasteiger partial charge in [0.2, 0.25) is 0 Å². The summed E-state index contributed by atoms with van der Waals surface area (Å²) < 4.78 is 5.57. The molecule has 0 aliphatic carbocycles. The molecule has 1 unspecified atom stereocenters. The van der Waals surface area contributed by atoms with E-state index < -0.39 is 0 Å². The van der Waals surface area contributed by atoms with Gasteiger partial charge in [-0.3, -0.25) is 4.90 Å². The molecule has 0 radical (unpaired) electrons. The summed E-state index contributed by atoms with van der Waals surface area (Å²) in [5.74, 6) is 0. The molecule has 1 atom stereocenters. The molecule has 1 aliphatic heterocycles. The molecule has 25 heavy (non-hydrogen) atoms. The van der Waals surface area contributed by atoms with E-state index in [1.54, 1.807) is 6.07 Å². The van der Waals surface area contributed by atoms with E-state index in [-0.39, 0.29) is 12.2 Å². The van der Waals surface area contributed by atoms with Gasteiger partial charge in [0.15, 0.2) is 0 Å². The molecule has 4 nitrogen and oxygen atoms in total. The molecule has 4 heteroatoms. The fourth-order valence-electron chi connectivity index (χ4n) is 4.05. The van der Waals surface area contributed by atoms with Gasteiger partial charge in [-0.05, 0) is 36.8 Å². The van der Waals surface area contributed by atoms with Crippen molar-refractivity contribution in [1.82, 2.24) is 4.90 Å². The summed E-state index contributed by atoms with van der Waals surface area (Å²) in [5.41, 5.74) is 1.40. The lowest BCUT2D eigenvalue weighted by molar-refractivity contribution is 0.113. The Morgan fingerprint density at radius 1 is 1.12 bits per heavy atom. The lowest BCUT2D eigenvalue weighted by Gasteiger charge is -2.35. The van der Waals surface area contributed by atoms with Gasteiger partial charge in [-0.15, -0.1) is 0 Å². The quantitative estimate of drug-likeness (QED) is 0.583. The number of likely N-dealkylation sites (tertiary alicyclic amines) is 1. The summed E-state index contributed by atoms with van der Waals surface area (Å²) in [6.07, 6.45) is 4.29. The lowest BCUT2D eigenvalue weighted by atomic mass is 9.97. The summed E-state index contributed by atoms with van der Waals surface area (Å²) in [4.78, 5) is 14.6.